The number of nitrogens with one attached hydrogen (secondary N) is 1. The molecule has 140 valence electrons. The van der Waals surface area contributed by atoms with E-state index in [9.17, 15) is 9.59 Å². The molecule has 3 heterocycles. The molecule has 0 aliphatic carbocycles. The quantitative estimate of drug-likeness (QED) is 0.777. The van der Waals surface area contributed by atoms with E-state index >= 15 is 0 Å². The molecule has 0 saturated carbocycles. The van der Waals surface area contributed by atoms with Crippen LogP contribution in [0, 0.1) is 19.8 Å². The number of benzene rings is 1. The van der Waals surface area contributed by atoms with E-state index in [4.69, 9.17) is 0 Å². The summed E-state index contributed by atoms with van der Waals surface area (Å²) >= 11 is 0. The van der Waals surface area contributed by atoms with Crippen molar-refractivity contribution in [2.75, 3.05) is 13.1 Å². The first-order valence-electron chi connectivity index (χ1n) is 9.42. The first-order valence-corrected chi connectivity index (χ1v) is 9.42. The highest BCUT2D eigenvalue weighted by atomic mass is 16.2. The minimum Gasteiger partial charge on any atom is -0.361 e. The fraction of sp³-hybridized carbons (Fsp3) is 0.381. The predicted octanol–water partition coefficient (Wildman–Crippen LogP) is 2.89. The van der Waals surface area contributed by atoms with E-state index in [0.717, 1.165) is 48.1 Å². The molecule has 0 unspecified atom stereocenters. The van der Waals surface area contributed by atoms with Gasteiger partial charge in [0, 0.05) is 53.6 Å². The molecule has 1 fully saturated rings. The Balaban J connectivity index is 1.43. The summed E-state index contributed by atoms with van der Waals surface area (Å²) in [5.74, 6) is 0.474. The third-order valence-electron chi connectivity index (χ3n) is 5.70. The van der Waals surface area contributed by atoms with Gasteiger partial charge in [0.05, 0.1) is 6.33 Å². The molecule has 0 bridgehead atoms. The number of hydrogen-bond acceptors (Lipinski definition) is 3. The SMILES string of the molecule is Cc1ncn(CC2CCN(C(=O)c3cccc4[nH]ccc34)CC2)c(=O)c1C. The summed E-state index contributed by atoms with van der Waals surface area (Å²) in [5.41, 5.74) is 3.28. The minimum atomic E-state index is 0.0418. The third-order valence-corrected chi connectivity index (χ3v) is 5.70. The van der Waals surface area contributed by atoms with Crippen molar-refractivity contribution in [3.8, 4) is 0 Å². The lowest BCUT2D eigenvalue weighted by molar-refractivity contribution is 0.0684. The van der Waals surface area contributed by atoms with Gasteiger partial charge in [-0.1, -0.05) is 6.07 Å². The van der Waals surface area contributed by atoms with Gasteiger partial charge in [-0.2, -0.15) is 0 Å². The van der Waals surface area contributed by atoms with Gasteiger partial charge >= 0.3 is 0 Å². The monoisotopic (exact) mass is 364 g/mol. The Morgan fingerprint density at radius 2 is 2.00 bits per heavy atom. The molecule has 0 radical (unpaired) electrons. The number of piperidine rings is 1. The van der Waals surface area contributed by atoms with Crippen LogP contribution < -0.4 is 5.56 Å². The molecule has 3 aromatic rings. The zero-order valence-corrected chi connectivity index (χ0v) is 15.7. The van der Waals surface area contributed by atoms with E-state index in [-0.39, 0.29) is 11.5 Å². The lowest BCUT2D eigenvalue weighted by Crippen LogP contribution is -2.40. The third kappa shape index (κ3) is 3.27. The smallest absolute Gasteiger partial charge is 0.256 e. The van der Waals surface area contributed by atoms with E-state index in [1.54, 1.807) is 10.9 Å². The van der Waals surface area contributed by atoms with Gasteiger partial charge in [-0.15, -0.1) is 0 Å². The van der Waals surface area contributed by atoms with Crippen molar-refractivity contribution in [2.45, 2.75) is 33.2 Å². The summed E-state index contributed by atoms with van der Waals surface area (Å²) in [6, 6.07) is 7.74. The van der Waals surface area contributed by atoms with Crippen LogP contribution in [0.1, 0.15) is 34.5 Å². The van der Waals surface area contributed by atoms with Gasteiger partial charge in [0.2, 0.25) is 0 Å². The molecular formula is C21H24N4O2. The molecule has 1 amide bonds. The highest BCUT2D eigenvalue weighted by Crippen LogP contribution is 2.23. The summed E-state index contributed by atoms with van der Waals surface area (Å²) in [4.78, 5) is 34.7. The second kappa shape index (κ2) is 7.02. The predicted molar refractivity (Wildman–Crippen MR) is 105 cm³/mol. The number of aromatic nitrogens is 3. The molecular weight excluding hydrogens is 340 g/mol. The number of aromatic amines is 1. The van der Waals surface area contributed by atoms with Crippen molar-refractivity contribution in [1.29, 1.82) is 0 Å². The van der Waals surface area contributed by atoms with Crippen LogP contribution in [-0.2, 0) is 6.54 Å². The number of hydrogen-bond donors (Lipinski definition) is 1. The maximum atomic E-state index is 13.0. The van der Waals surface area contributed by atoms with Crippen LogP contribution in [0.5, 0.6) is 0 Å². The number of nitrogens with zero attached hydrogens (tertiary/aromatic N) is 3. The van der Waals surface area contributed by atoms with Crippen LogP contribution in [0.25, 0.3) is 10.9 Å². The molecule has 0 atom stereocenters. The molecule has 1 aliphatic rings. The number of aryl methyl sites for hydroxylation is 1. The van der Waals surface area contributed by atoms with E-state index in [1.165, 1.54) is 0 Å². The van der Waals surface area contributed by atoms with Crippen molar-refractivity contribution in [3.63, 3.8) is 0 Å². The molecule has 1 aliphatic heterocycles. The Bertz CT molecular complexity index is 1040. The van der Waals surface area contributed by atoms with Crippen molar-refractivity contribution < 1.29 is 4.79 Å². The molecule has 6 heteroatoms. The van der Waals surface area contributed by atoms with E-state index in [0.29, 0.717) is 18.0 Å². The maximum Gasteiger partial charge on any atom is 0.256 e. The maximum absolute atomic E-state index is 13.0. The Hall–Kier alpha value is -2.89. The molecule has 6 nitrogen and oxygen atoms in total. The van der Waals surface area contributed by atoms with E-state index in [1.807, 2.05) is 49.2 Å². The van der Waals surface area contributed by atoms with Gasteiger partial charge in [0.25, 0.3) is 11.5 Å². The zero-order chi connectivity index (χ0) is 19.0. The number of carbonyl (C=O) groups excluding carboxylic acids is 1. The molecule has 1 N–H and O–H groups in total. The van der Waals surface area contributed by atoms with Gasteiger partial charge in [0.15, 0.2) is 0 Å². The normalized spacial score (nSPS) is 15.4. The summed E-state index contributed by atoms with van der Waals surface area (Å²) < 4.78 is 1.71. The van der Waals surface area contributed by atoms with Crippen LogP contribution in [0.4, 0.5) is 0 Å². The topological polar surface area (TPSA) is 71.0 Å². The van der Waals surface area contributed by atoms with Gasteiger partial charge in [0.1, 0.15) is 0 Å². The zero-order valence-electron chi connectivity index (χ0n) is 15.7. The highest BCUT2D eigenvalue weighted by Gasteiger charge is 2.25. The van der Waals surface area contributed by atoms with Crippen LogP contribution in [0.15, 0.2) is 41.6 Å². The van der Waals surface area contributed by atoms with Crippen LogP contribution in [0.2, 0.25) is 0 Å². The first-order chi connectivity index (χ1) is 13.0. The van der Waals surface area contributed by atoms with Gasteiger partial charge in [-0.25, -0.2) is 4.98 Å². The lowest BCUT2D eigenvalue weighted by atomic mass is 9.95. The molecule has 2 aromatic heterocycles. The highest BCUT2D eigenvalue weighted by molar-refractivity contribution is 6.06. The van der Waals surface area contributed by atoms with Crippen molar-refractivity contribution >= 4 is 16.8 Å². The van der Waals surface area contributed by atoms with Gasteiger partial charge < -0.3 is 9.88 Å². The average Bonchev–Trinajstić information content (AvgIpc) is 3.17. The second-order valence-electron chi connectivity index (χ2n) is 7.39. The Morgan fingerprint density at radius 3 is 2.78 bits per heavy atom. The molecule has 4 rings (SSSR count). The van der Waals surface area contributed by atoms with Crippen LogP contribution in [-0.4, -0.2) is 38.4 Å². The number of fused-ring (bicyclic) bond motifs is 1. The number of rotatable bonds is 3. The lowest BCUT2D eigenvalue weighted by Gasteiger charge is -2.32. The molecule has 1 aromatic carbocycles. The molecule has 1 saturated heterocycles. The summed E-state index contributed by atoms with van der Waals surface area (Å²) in [5, 5.41) is 0.970. The fourth-order valence-electron chi connectivity index (χ4n) is 3.84. The number of likely N-dealkylation sites (tertiary alicyclic amines) is 1. The molecule has 27 heavy (non-hydrogen) atoms. The Labute approximate surface area is 157 Å². The Kier molecular flexibility index (Phi) is 4.56. The number of amides is 1. The van der Waals surface area contributed by atoms with Crippen LogP contribution in [0.3, 0.4) is 0 Å². The minimum absolute atomic E-state index is 0.0418. The van der Waals surface area contributed by atoms with Crippen molar-refractivity contribution in [1.82, 2.24) is 19.4 Å². The fourth-order valence-corrected chi connectivity index (χ4v) is 3.84. The van der Waals surface area contributed by atoms with Gasteiger partial charge in [-0.3, -0.25) is 14.2 Å². The standard InChI is InChI=1S/C21H24N4O2/c1-14-15(2)23-13-25(20(14)26)12-16-7-10-24(11-8-16)21(27)18-4-3-5-19-17(18)6-9-22-19/h3-6,9,13,16,22H,7-8,10-12H2,1-2H3. The number of carbonyl (C=O) groups is 1. The van der Waals surface area contributed by atoms with Crippen molar-refractivity contribution in [2.24, 2.45) is 5.92 Å². The van der Waals surface area contributed by atoms with E-state index < -0.39 is 0 Å². The second-order valence-corrected chi connectivity index (χ2v) is 7.39. The summed E-state index contributed by atoms with van der Waals surface area (Å²) in [6.07, 6.45) is 5.31. The van der Waals surface area contributed by atoms with Crippen LogP contribution >= 0.6 is 0 Å². The average molecular weight is 364 g/mol. The van der Waals surface area contributed by atoms with Gasteiger partial charge in [-0.05, 0) is 50.8 Å². The largest absolute Gasteiger partial charge is 0.361 e. The summed E-state index contributed by atoms with van der Waals surface area (Å²) in [6.45, 7) is 5.79. The summed E-state index contributed by atoms with van der Waals surface area (Å²) in [7, 11) is 0. The number of H-pyrrole nitrogens is 1. The van der Waals surface area contributed by atoms with E-state index in [2.05, 4.69) is 9.97 Å². The molecule has 0 spiro atoms. The van der Waals surface area contributed by atoms with Crippen molar-refractivity contribution in [3.05, 3.63) is 64.0 Å². The Morgan fingerprint density at radius 1 is 1.22 bits per heavy atom. The first kappa shape index (κ1) is 17.5.